The molecule has 3 rings (SSSR count). The molecule has 10 heteroatoms. The number of nitrogens with zero attached hydrogens (tertiary/aromatic N) is 1. The Balaban J connectivity index is 1.65. The van der Waals surface area contributed by atoms with Crippen LogP contribution in [0.5, 0.6) is 0 Å². The molecule has 2 aromatic rings. The minimum absolute atomic E-state index is 0.0262. The Hall–Kier alpha value is -4.21. The number of hydrogen-bond acceptors (Lipinski definition) is 7. The summed E-state index contributed by atoms with van der Waals surface area (Å²) in [5.74, 6) is -2.22. The zero-order chi connectivity index (χ0) is 22.5. The van der Waals surface area contributed by atoms with Crippen LogP contribution in [0.1, 0.15) is 41.4 Å². The minimum Gasteiger partial charge on any atom is -0.465 e. The molecule has 31 heavy (non-hydrogen) atoms. The highest BCUT2D eigenvalue weighted by molar-refractivity contribution is 6.21. The molecule has 0 fully saturated rings. The fourth-order valence-electron chi connectivity index (χ4n) is 3.07. The highest BCUT2D eigenvalue weighted by Gasteiger charge is 2.34. The number of ether oxygens (including phenoxy) is 2. The Bertz CT molecular complexity index is 1050. The lowest BCUT2D eigenvalue weighted by atomic mass is 10.1. The van der Waals surface area contributed by atoms with Crippen molar-refractivity contribution in [1.29, 1.82) is 0 Å². The summed E-state index contributed by atoms with van der Waals surface area (Å²) in [4.78, 5) is 61.7. The van der Waals surface area contributed by atoms with Gasteiger partial charge in [-0.25, -0.2) is 14.4 Å². The van der Waals surface area contributed by atoms with E-state index in [1.165, 1.54) is 32.4 Å². The quantitative estimate of drug-likeness (QED) is 0.532. The molecule has 0 unspecified atom stereocenters. The van der Waals surface area contributed by atoms with E-state index in [-0.39, 0.29) is 29.9 Å². The number of nitrogens with one attached hydrogen (secondary N) is 2. The second-order valence-corrected chi connectivity index (χ2v) is 6.43. The van der Waals surface area contributed by atoms with Crippen molar-refractivity contribution in [2.24, 2.45) is 0 Å². The maximum atomic E-state index is 12.3. The van der Waals surface area contributed by atoms with Gasteiger partial charge < -0.3 is 20.1 Å². The fourth-order valence-corrected chi connectivity index (χ4v) is 3.07. The molecule has 1 aliphatic rings. The van der Waals surface area contributed by atoms with Gasteiger partial charge in [-0.05, 0) is 30.3 Å². The standard InChI is InChI=1S/C21H19N3O7/c1-30-19(27)12-7-8-15(20(28)31-2)16(11-12)23-21(29)22-9-10-24-17(25)13-5-3-4-6-14(13)18(24)26/h3-8,11H,9-10H2,1-2H3,(H2,22,23,29). The summed E-state index contributed by atoms with van der Waals surface area (Å²) in [5, 5.41) is 4.97. The normalized spacial score (nSPS) is 12.3. The SMILES string of the molecule is COC(=O)c1ccc(C(=O)OC)c(NC(=O)NCCN2C(=O)c3ccccc3C2=O)c1. The summed E-state index contributed by atoms with van der Waals surface area (Å²) in [7, 11) is 2.39. The molecule has 4 amide bonds. The second kappa shape index (κ2) is 9.08. The second-order valence-electron chi connectivity index (χ2n) is 6.43. The summed E-state index contributed by atoms with van der Waals surface area (Å²) in [5.41, 5.74) is 0.828. The third kappa shape index (κ3) is 4.37. The number of hydrogen-bond donors (Lipinski definition) is 2. The number of benzene rings is 2. The van der Waals surface area contributed by atoms with Crippen molar-refractivity contribution >= 4 is 35.5 Å². The van der Waals surface area contributed by atoms with Gasteiger partial charge in [0.25, 0.3) is 11.8 Å². The Morgan fingerprint density at radius 1 is 0.903 bits per heavy atom. The average molecular weight is 425 g/mol. The molecular weight excluding hydrogens is 406 g/mol. The van der Waals surface area contributed by atoms with Gasteiger partial charge in [-0.3, -0.25) is 14.5 Å². The van der Waals surface area contributed by atoms with Gasteiger partial charge in [0.2, 0.25) is 0 Å². The van der Waals surface area contributed by atoms with Crippen LogP contribution in [-0.2, 0) is 9.47 Å². The van der Waals surface area contributed by atoms with Crippen molar-refractivity contribution in [3.63, 3.8) is 0 Å². The van der Waals surface area contributed by atoms with Gasteiger partial charge >= 0.3 is 18.0 Å². The van der Waals surface area contributed by atoms with Crippen LogP contribution in [0.25, 0.3) is 0 Å². The molecule has 2 N–H and O–H groups in total. The zero-order valence-electron chi connectivity index (χ0n) is 16.8. The maximum absolute atomic E-state index is 12.3. The molecule has 0 aromatic heterocycles. The number of esters is 2. The molecule has 0 radical (unpaired) electrons. The number of carbonyl (C=O) groups excluding carboxylic acids is 5. The average Bonchev–Trinajstić information content (AvgIpc) is 3.03. The summed E-state index contributed by atoms with van der Waals surface area (Å²) in [6, 6.07) is 9.74. The highest BCUT2D eigenvalue weighted by atomic mass is 16.5. The number of urea groups is 1. The highest BCUT2D eigenvalue weighted by Crippen LogP contribution is 2.22. The van der Waals surface area contributed by atoms with Crippen LogP contribution in [0.3, 0.4) is 0 Å². The van der Waals surface area contributed by atoms with Gasteiger partial charge in [-0.15, -0.1) is 0 Å². The van der Waals surface area contributed by atoms with Crippen LogP contribution in [0.15, 0.2) is 42.5 Å². The predicted octanol–water partition coefficient (Wildman–Crippen LogP) is 1.68. The fraction of sp³-hybridized carbons (Fsp3) is 0.190. The largest absolute Gasteiger partial charge is 0.465 e. The number of methoxy groups -OCH3 is 2. The molecule has 0 atom stereocenters. The molecule has 0 saturated carbocycles. The number of amides is 4. The Labute approximate surface area is 177 Å². The third-order valence-corrected chi connectivity index (χ3v) is 4.59. The van der Waals surface area contributed by atoms with E-state index in [1.807, 2.05) is 0 Å². The van der Waals surface area contributed by atoms with Crippen LogP contribution < -0.4 is 10.6 Å². The van der Waals surface area contributed by atoms with E-state index in [9.17, 15) is 24.0 Å². The van der Waals surface area contributed by atoms with Crippen LogP contribution in [0.2, 0.25) is 0 Å². The monoisotopic (exact) mass is 425 g/mol. The van der Waals surface area contributed by atoms with Crippen molar-refractivity contribution < 1.29 is 33.4 Å². The summed E-state index contributed by atoms with van der Waals surface area (Å²) in [6.45, 7) is -0.0621. The van der Waals surface area contributed by atoms with Gasteiger partial charge in [-0.1, -0.05) is 12.1 Å². The van der Waals surface area contributed by atoms with Crippen molar-refractivity contribution in [2.75, 3.05) is 32.6 Å². The molecular formula is C21H19N3O7. The van der Waals surface area contributed by atoms with Crippen molar-refractivity contribution in [1.82, 2.24) is 10.2 Å². The summed E-state index contributed by atoms with van der Waals surface area (Å²) >= 11 is 0. The van der Waals surface area contributed by atoms with E-state index in [2.05, 4.69) is 20.1 Å². The Kier molecular flexibility index (Phi) is 6.29. The number of imide groups is 1. The molecule has 0 bridgehead atoms. The van der Waals surface area contributed by atoms with Crippen LogP contribution >= 0.6 is 0 Å². The topological polar surface area (TPSA) is 131 Å². The smallest absolute Gasteiger partial charge is 0.339 e. The molecule has 160 valence electrons. The molecule has 0 aliphatic carbocycles. The van der Waals surface area contributed by atoms with Gasteiger partial charge in [0.05, 0.1) is 42.2 Å². The number of fused-ring (bicyclic) bond motifs is 1. The van der Waals surface area contributed by atoms with Crippen molar-refractivity contribution in [2.45, 2.75) is 0 Å². The summed E-state index contributed by atoms with van der Waals surface area (Å²) in [6.07, 6.45) is 0. The van der Waals surface area contributed by atoms with E-state index in [1.54, 1.807) is 24.3 Å². The first-order valence-corrected chi connectivity index (χ1v) is 9.18. The number of carbonyl (C=O) groups is 5. The Morgan fingerprint density at radius 2 is 1.52 bits per heavy atom. The van der Waals surface area contributed by atoms with E-state index in [0.717, 1.165) is 4.90 Å². The van der Waals surface area contributed by atoms with Crippen molar-refractivity contribution in [3.05, 3.63) is 64.7 Å². The zero-order valence-corrected chi connectivity index (χ0v) is 16.8. The molecule has 2 aromatic carbocycles. The van der Waals surface area contributed by atoms with Crippen molar-refractivity contribution in [3.8, 4) is 0 Å². The van der Waals surface area contributed by atoms with E-state index in [0.29, 0.717) is 11.1 Å². The lowest BCUT2D eigenvalue weighted by molar-refractivity contribution is 0.0587. The third-order valence-electron chi connectivity index (χ3n) is 4.59. The van der Waals surface area contributed by atoms with Gasteiger partial charge in [-0.2, -0.15) is 0 Å². The molecule has 0 spiro atoms. The van der Waals surface area contributed by atoms with Gasteiger partial charge in [0.15, 0.2) is 0 Å². The molecule has 1 heterocycles. The Morgan fingerprint density at radius 3 is 2.10 bits per heavy atom. The lowest BCUT2D eigenvalue weighted by Crippen LogP contribution is -2.39. The number of rotatable bonds is 6. The molecule has 10 nitrogen and oxygen atoms in total. The minimum atomic E-state index is -0.710. The van der Waals surface area contributed by atoms with E-state index >= 15 is 0 Å². The molecule has 0 saturated heterocycles. The van der Waals surface area contributed by atoms with E-state index < -0.39 is 29.8 Å². The van der Waals surface area contributed by atoms with Crippen LogP contribution in [0.4, 0.5) is 10.5 Å². The summed E-state index contributed by atoms with van der Waals surface area (Å²) < 4.78 is 9.32. The number of anilines is 1. The van der Waals surface area contributed by atoms with E-state index in [4.69, 9.17) is 0 Å². The molecule has 1 aliphatic heterocycles. The lowest BCUT2D eigenvalue weighted by Gasteiger charge is -2.15. The van der Waals surface area contributed by atoms with Gasteiger partial charge in [0.1, 0.15) is 0 Å². The first kappa shape index (κ1) is 21.5. The first-order chi connectivity index (χ1) is 14.9. The van der Waals surface area contributed by atoms with Crippen LogP contribution in [0, 0.1) is 0 Å². The van der Waals surface area contributed by atoms with Crippen LogP contribution in [-0.4, -0.2) is 62.0 Å². The maximum Gasteiger partial charge on any atom is 0.339 e. The van der Waals surface area contributed by atoms with Gasteiger partial charge in [0, 0.05) is 13.1 Å². The predicted molar refractivity (Wildman–Crippen MR) is 108 cm³/mol. The first-order valence-electron chi connectivity index (χ1n) is 9.18.